The molecule has 34 heavy (non-hydrogen) atoms. The van der Waals surface area contributed by atoms with Gasteiger partial charge in [-0.3, -0.25) is 19.6 Å². The molecule has 0 spiro atoms. The maximum absolute atomic E-state index is 12.6. The topological polar surface area (TPSA) is 161 Å². The first kappa shape index (κ1) is 25.9. The van der Waals surface area contributed by atoms with Crippen molar-refractivity contribution in [3.05, 3.63) is 89.0 Å². The number of hydrogen-bond acceptors (Lipinski definition) is 5. The molecule has 9 nitrogen and oxygen atoms in total. The van der Waals surface area contributed by atoms with Crippen molar-refractivity contribution in [3.63, 3.8) is 0 Å². The lowest BCUT2D eigenvalue weighted by molar-refractivity contribution is 0.101. The van der Waals surface area contributed by atoms with Gasteiger partial charge in [-0.25, -0.2) is 0 Å². The highest BCUT2D eigenvalue weighted by molar-refractivity contribution is 6.10. The molecular formula is C24H26ClN7O2. The molecule has 0 atom stereocenters. The zero-order chi connectivity index (χ0) is 24.0. The Morgan fingerprint density at radius 2 is 1.09 bits per heavy atom. The van der Waals surface area contributed by atoms with E-state index in [0.717, 1.165) is 11.1 Å². The first-order valence-electron chi connectivity index (χ1n) is 10.00. The molecule has 0 aliphatic rings. The van der Waals surface area contributed by atoms with E-state index in [-0.39, 0.29) is 29.6 Å². The fraction of sp³-hybridized carbons (Fsp3) is 0.0833. The molecule has 3 aromatic rings. The third kappa shape index (κ3) is 6.11. The van der Waals surface area contributed by atoms with Gasteiger partial charge in [-0.1, -0.05) is 0 Å². The highest BCUT2D eigenvalue weighted by Crippen LogP contribution is 2.19. The average Bonchev–Trinajstić information content (AvgIpc) is 2.83. The van der Waals surface area contributed by atoms with Gasteiger partial charge in [-0.2, -0.15) is 0 Å². The maximum Gasteiger partial charge on any atom is 0.257 e. The second kappa shape index (κ2) is 11.5. The first-order chi connectivity index (χ1) is 15.8. The lowest BCUT2D eigenvalue weighted by atomic mass is 10.1. The number of anilines is 3. The normalized spacial score (nSPS) is 11.4. The molecule has 0 aliphatic carbocycles. The second-order valence-electron chi connectivity index (χ2n) is 7.08. The van der Waals surface area contributed by atoms with Crippen molar-refractivity contribution in [2.24, 2.45) is 21.5 Å². The van der Waals surface area contributed by atoms with E-state index in [4.69, 9.17) is 17.2 Å². The molecule has 0 heterocycles. The van der Waals surface area contributed by atoms with Crippen molar-refractivity contribution in [3.8, 4) is 0 Å². The van der Waals surface area contributed by atoms with E-state index in [9.17, 15) is 9.59 Å². The summed E-state index contributed by atoms with van der Waals surface area (Å²) < 4.78 is 0. The third-order valence-corrected chi connectivity index (χ3v) is 4.92. The van der Waals surface area contributed by atoms with Crippen LogP contribution in [0.25, 0.3) is 0 Å². The van der Waals surface area contributed by atoms with Crippen LogP contribution in [0.2, 0.25) is 0 Å². The maximum atomic E-state index is 12.6. The van der Waals surface area contributed by atoms with Crippen LogP contribution in [0, 0.1) is 0 Å². The Morgan fingerprint density at radius 1 is 0.676 bits per heavy atom. The molecule has 0 bridgehead atoms. The zero-order valence-corrected chi connectivity index (χ0v) is 19.5. The Kier molecular flexibility index (Phi) is 8.74. The number of rotatable bonds is 6. The fourth-order valence-electron chi connectivity index (χ4n) is 3.02. The summed E-state index contributed by atoms with van der Waals surface area (Å²) in [5.74, 6) is 0.0599. The smallest absolute Gasteiger partial charge is 0.257 e. The van der Waals surface area contributed by atoms with Crippen molar-refractivity contribution in [2.75, 3.05) is 30.5 Å². The van der Waals surface area contributed by atoms with Crippen LogP contribution < -0.4 is 27.8 Å². The van der Waals surface area contributed by atoms with Crippen molar-refractivity contribution >= 4 is 53.0 Å². The number of halogens is 1. The van der Waals surface area contributed by atoms with E-state index in [1.54, 1.807) is 62.6 Å². The number of nitrogens with two attached hydrogens (primary N) is 3. The van der Waals surface area contributed by atoms with Gasteiger partial charge in [-0.15, -0.1) is 12.4 Å². The summed E-state index contributed by atoms with van der Waals surface area (Å²) in [6.07, 6.45) is 0. The van der Waals surface area contributed by atoms with E-state index in [0.29, 0.717) is 28.6 Å². The van der Waals surface area contributed by atoms with E-state index >= 15 is 0 Å². The number of nitrogen functional groups attached to an aromatic ring is 1. The number of benzene rings is 3. The van der Waals surface area contributed by atoms with Crippen LogP contribution in [0.1, 0.15) is 31.8 Å². The van der Waals surface area contributed by atoms with Gasteiger partial charge in [0.15, 0.2) is 0 Å². The van der Waals surface area contributed by atoms with Gasteiger partial charge in [-0.05, 0) is 66.7 Å². The minimum atomic E-state index is -0.393. The minimum absolute atomic E-state index is 0. The van der Waals surface area contributed by atoms with Crippen molar-refractivity contribution in [1.29, 1.82) is 0 Å². The number of aliphatic imine (C=N–C) groups is 2. The predicted molar refractivity (Wildman–Crippen MR) is 140 cm³/mol. The molecule has 0 fully saturated rings. The molecule has 0 saturated heterocycles. The van der Waals surface area contributed by atoms with E-state index in [1.807, 2.05) is 0 Å². The standard InChI is InChI=1S/C24H25N7O2.ClH/c1-28-21(26)14-3-8-17(9-4-14)30-23(32)16-7-12-19(20(25)13-16)24(33)31-18-10-5-15(6-11-18)22(27)29-2;/h3-13H,25H2,1-2H3,(H2,26,28)(H2,27,29)(H,30,32)(H,31,33);1H. The molecule has 176 valence electrons. The fourth-order valence-corrected chi connectivity index (χ4v) is 3.02. The van der Waals surface area contributed by atoms with Gasteiger partial charge in [0, 0.05) is 47.8 Å². The van der Waals surface area contributed by atoms with Gasteiger partial charge in [0.1, 0.15) is 11.7 Å². The van der Waals surface area contributed by atoms with E-state index < -0.39 is 5.91 Å². The summed E-state index contributed by atoms with van der Waals surface area (Å²) in [6.45, 7) is 0. The van der Waals surface area contributed by atoms with E-state index in [2.05, 4.69) is 20.6 Å². The number of nitrogens with one attached hydrogen (secondary N) is 2. The van der Waals surface area contributed by atoms with Crippen LogP contribution >= 0.6 is 12.4 Å². The number of carbonyl (C=O) groups is 2. The van der Waals surface area contributed by atoms with Crippen LogP contribution in [-0.2, 0) is 0 Å². The van der Waals surface area contributed by atoms with Crippen LogP contribution in [0.4, 0.5) is 17.1 Å². The summed E-state index contributed by atoms with van der Waals surface area (Å²) in [4.78, 5) is 33.1. The Labute approximate surface area is 203 Å². The SMILES string of the molecule is CN=C(N)c1ccc(NC(=O)c2ccc(C(=O)Nc3ccc(C(N)=NC)cc3)c(N)c2)cc1.Cl. The number of amides is 2. The van der Waals surface area contributed by atoms with Crippen molar-refractivity contribution in [1.82, 2.24) is 0 Å². The van der Waals surface area contributed by atoms with Gasteiger partial charge in [0.05, 0.1) is 5.56 Å². The monoisotopic (exact) mass is 479 g/mol. The summed E-state index contributed by atoms with van der Waals surface area (Å²) in [5.41, 5.74) is 21.0. The largest absolute Gasteiger partial charge is 0.398 e. The summed E-state index contributed by atoms with van der Waals surface area (Å²) in [6, 6.07) is 18.4. The summed E-state index contributed by atoms with van der Waals surface area (Å²) in [5, 5.41) is 5.55. The lowest BCUT2D eigenvalue weighted by Crippen LogP contribution is -2.17. The zero-order valence-electron chi connectivity index (χ0n) is 18.7. The second-order valence-corrected chi connectivity index (χ2v) is 7.08. The Balaban J connectivity index is 0.00000408. The van der Waals surface area contributed by atoms with Crippen LogP contribution in [-0.4, -0.2) is 37.6 Å². The molecule has 0 unspecified atom stereocenters. The molecule has 10 heteroatoms. The van der Waals surface area contributed by atoms with E-state index in [1.165, 1.54) is 18.2 Å². The lowest BCUT2D eigenvalue weighted by Gasteiger charge is -2.11. The Bertz CT molecular complexity index is 1240. The molecule has 0 aromatic heterocycles. The number of carbonyl (C=O) groups excluding carboxylic acids is 2. The van der Waals surface area contributed by atoms with Gasteiger partial charge in [0.25, 0.3) is 11.8 Å². The van der Waals surface area contributed by atoms with Crippen LogP contribution in [0.3, 0.4) is 0 Å². The first-order valence-corrected chi connectivity index (χ1v) is 10.00. The van der Waals surface area contributed by atoms with Crippen LogP contribution in [0.5, 0.6) is 0 Å². The molecule has 8 N–H and O–H groups in total. The third-order valence-electron chi connectivity index (χ3n) is 4.92. The predicted octanol–water partition coefficient (Wildman–Crippen LogP) is 2.87. The summed E-state index contributed by atoms with van der Waals surface area (Å²) in [7, 11) is 3.21. The quantitative estimate of drug-likeness (QED) is 0.208. The number of hydrogen-bond donors (Lipinski definition) is 5. The highest BCUT2D eigenvalue weighted by Gasteiger charge is 2.14. The number of nitrogens with zero attached hydrogens (tertiary/aromatic N) is 2. The highest BCUT2D eigenvalue weighted by atomic mass is 35.5. The molecule has 0 saturated carbocycles. The Morgan fingerprint density at radius 3 is 1.50 bits per heavy atom. The molecule has 2 amide bonds. The molecule has 3 rings (SSSR count). The Hall–Kier alpha value is -4.37. The van der Waals surface area contributed by atoms with Crippen molar-refractivity contribution < 1.29 is 9.59 Å². The molecule has 0 radical (unpaired) electrons. The van der Waals surface area contributed by atoms with Crippen LogP contribution in [0.15, 0.2) is 76.7 Å². The molecule has 3 aromatic carbocycles. The summed E-state index contributed by atoms with van der Waals surface area (Å²) >= 11 is 0. The van der Waals surface area contributed by atoms with Gasteiger partial charge >= 0.3 is 0 Å². The van der Waals surface area contributed by atoms with Gasteiger partial charge < -0.3 is 27.8 Å². The van der Waals surface area contributed by atoms with Gasteiger partial charge in [0.2, 0.25) is 0 Å². The average molecular weight is 480 g/mol. The molecule has 0 aliphatic heterocycles. The minimum Gasteiger partial charge on any atom is -0.398 e. The molecular weight excluding hydrogens is 454 g/mol. The number of amidine groups is 2. The van der Waals surface area contributed by atoms with Crippen molar-refractivity contribution in [2.45, 2.75) is 0 Å².